The molecule has 4 nitrogen and oxygen atoms in total. The molecule has 20 heavy (non-hydrogen) atoms. The van der Waals surface area contributed by atoms with E-state index in [-0.39, 0.29) is 0 Å². The topological polar surface area (TPSA) is 55.0 Å². The number of aryl methyl sites for hydroxylation is 1. The second-order valence-electron chi connectivity index (χ2n) is 6.97. The molecule has 0 aliphatic carbocycles. The third kappa shape index (κ3) is 3.48. The first kappa shape index (κ1) is 15.2. The summed E-state index contributed by atoms with van der Waals surface area (Å²) in [6.45, 7) is 11.7. The van der Waals surface area contributed by atoms with E-state index >= 15 is 0 Å². The summed E-state index contributed by atoms with van der Waals surface area (Å²) in [6, 6.07) is 0. The smallest absolute Gasteiger partial charge is 0.225 e. The van der Waals surface area contributed by atoms with Gasteiger partial charge in [0, 0.05) is 37.1 Å². The second kappa shape index (κ2) is 6.08. The van der Waals surface area contributed by atoms with Gasteiger partial charge >= 0.3 is 0 Å². The first-order chi connectivity index (χ1) is 9.41. The van der Waals surface area contributed by atoms with Gasteiger partial charge in [-0.15, -0.1) is 0 Å². The summed E-state index contributed by atoms with van der Waals surface area (Å²) in [5.74, 6) is 1.66. The molecule has 0 radical (unpaired) electrons. The van der Waals surface area contributed by atoms with E-state index in [4.69, 9.17) is 5.73 Å². The van der Waals surface area contributed by atoms with Crippen LogP contribution in [0.5, 0.6) is 0 Å². The van der Waals surface area contributed by atoms with Gasteiger partial charge in [-0.1, -0.05) is 20.8 Å². The molecule has 1 fully saturated rings. The van der Waals surface area contributed by atoms with E-state index in [0.717, 1.165) is 36.2 Å². The average molecular weight is 276 g/mol. The Hall–Kier alpha value is -1.16. The molecule has 2 rings (SSSR count). The predicted molar refractivity (Wildman–Crippen MR) is 83.7 cm³/mol. The first-order valence-corrected chi connectivity index (χ1v) is 7.69. The number of anilines is 1. The van der Waals surface area contributed by atoms with E-state index < -0.39 is 0 Å². The number of hydrogen-bond acceptors (Lipinski definition) is 4. The van der Waals surface area contributed by atoms with Crippen molar-refractivity contribution >= 4 is 5.95 Å². The third-order valence-corrected chi connectivity index (χ3v) is 4.52. The van der Waals surface area contributed by atoms with Crippen LogP contribution < -0.4 is 10.6 Å². The summed E-state index contributed by atoms with van der Waals surface area (Å²) in [5.41, 5.74) is 8.12. The molecule has 1 aliphatic heterocycles. The molecule has 0 saturated carbocycles. The van der Waals surface area contributed by atoms with Crippen molar-refractivity contribution in [3.63, 3.8) is 0 Å². The van der Waals surface area contributed by atoms with Crippen LogP contribution in [-0.4, -0.2) is 23.1 Å². The van der Waals surface area contributed by atoms with E-state index in [2.05, 4.69) is 35.6 Å². The van der Waals surface area contributed by atoms with Crippen molar-refractivity contribution in [2.45, 2.75) is 53.5 Å². The summed E-state index contributed by atoms with van der Waals surface area (Å²) in [6.07, 6.45) is 5.64. The zero-order valence-electron chi connectivity index (χ0n) is 13.3. The Morgan fingerprint density at radius 3 is 2.65 bits per heavy atom. The summed E-state index contributed by atoms with van der Waals surface area (Å²) in [5, 5.41) is 0. The van der Waals surface area contributed by atoms with Gasteiger partial charge in [-0.2, -0.15) is 0 Å². The predicted octanol–water partition coefficient (Wildman–Crippen LogP) is 2.90. The van der Waals surface area contributed by atoms with Crippen LogP contribution >= 0.6 is 0 Å². The van der Waals surface area contributed by atoms with Gasteiger partial charge in [-0.3, -0.25) is 0 Å². The fourth-order valence-corrected chi connectivity index (χ4v) is 2.99. The number of hydrogen-bond donors (Lipinski definition) is 1. The van der Waals surface area contributed by atoms with Crippen LogP contribution in [0.4, 0.5) is 5.95 Å². The van der Waals surface area contributed by atoms with Crippen molar-refractivity contribution in [2.24, 2.45) is 17.1 Å². The Morgan fingerprint density at radius 1 is 1.30 bits per heavy atom. The van der Waals surface area contributed by atoms with E-state index in [1.807, 2.05) is 13.1 Å². The lowest BCUT2D eigenvalue weighted by Gasteiger charge is -2.29. The largest absolute Gasteiger partial charge is 0.341 e. The fraction of sp³-hybridized carbons (Fsp3) is 0.750. The van der Waals surface area contributed by atoms with Crippen LogP contribution in [0.25, 0.3) is 0 Å². The standard InChI is InChI=1S/C16H28N4/c1-12-13(10-17)11-18-15(19-12)20-8-5-6-14(7-9-20)16(2,3)4/h11,14H,5-10,17H2,1-4H3. The van der Waals surface area contributed by atoms with Crippen LogP contribution in [0, 0.1) is 18.3 Å². The molecule has 2 heterocycles. The van der Waals surface area contributed by atoms with Gasteiger partial charge in [0.25, 0.3) is 0 Å². The maximum absolute atomic E-state index is 5.68. The minimum Gasteiger partial charge on any atom is -0.341 e. The van der Waals surface area contributed by atoms with Crippen molar-refractivity contribution in [3.05, 3.63) is 17.5 Å². The molecule has 1 unspecified atom stereocenters. The molecule has 1 atom stereocenters. The van der Waals surface area contributed by atoms with E-state index in [1.54, 1.807) is 0 Å². The Labute approximate surface area is 122 Å². The van der Waals surface area contributed by atoms with Gasteiger partial charge in [0.15, 0.2) is 0 Å². The number of aromatic nitrogens is 2. The van der Waals surface area contributed by atoms with E-state index in [9.17, 15) is 0 Å². The van der Waals surface area contributed by atoms with Gasteiger partial charge in [0.1, 0.15) is 0 Å². The molecule has 1 aromatic rings. The van der Waals surface area contributed by atoms with Crippen molar-refractivity contribution in [1.82, 2.24) is 9.97 Å². The third-order valence-electron chi connectivity index (χ3n) is 4.52. The Morgan fingerprint density at radius 2 is 2.05 bits per heavy atom. The Bertz CT molecular complexity index is 450. The SMILES string of the molecule is Cc1nc(N2CCCC(C(C)(C)C)CC2)ncc1CN. The quantitative estimate of drug-likeness (QED) is 0.902. The highest BCUT2D eigenvalue weighted by Crippen LogP contribution is 2.34. The van der Waals surface area contributed by atoms with Crippen LogP contribution in [0.15, 0.2) is 6.20 Å². The lowest BCUT2D eigenvalue weighted by Crippen LogP contribution is -2.28. The van der Waals surface area contributed by atoms with Crippen LogP contribution in [-0.2, 0) is 6.54 Å². The molecule has 1 aliphatic rings. The van der Waals surface area contributed by atoms with Crippen molar-refractivity contribution in [3.8, 4) is 0 Å². The molecular weight excluding hydrogens is 248 g/mol. The van der Waals surface area contributed by atoms with Gasteiger partial charge < -0.3 is 10.6 Å². The van der Waals surface area contributed by atoms with Gasteiger partial charge in [0.05, 0.1) is 0 Å². The molecule has 2 N–H and O–H groups in total. The molecule has 1 aromatic heterocycles. The molecule has 1 saturated heterocycles. The fourth-order valence-electron chi connectivity index (χ4n) is 2.99. The van der Waals surface area contributed by atoms with Crippen molar-refractivity contribution in [2.75, 3.05) is 18.0 Å². The average Bonchev–Trinajstić information content (AvgIpc) is 2.63. The van der Waals surface area contributed by atoms with Gasteiger partial charge in [-0.25, -0.2) is 9.97 Å². The summed E-state index contributed by atoms with van der Waals surface area (Å²) >= 11 is 0. The lowest BCUT2D eigenvalue weighted by atomic mass is 9.77. The van der Waals surface area contributed by atoms with E-state index in [1.165, 1.54) is 19.3 Å². The number of nitrogens with two attached hydrogens (primary N) is 1. The van der Waals surface area contributed by atoms with Gasteiger partial charge in [-0.05, 0) is 37.5 Å². The Kier molecular flexibility index (Phi) is 4.63. The summed E-state index contributed by atoms with van der Waals surface area (Å²) in [7, 11) is 0. The van der Waals surface area contributed by atoms with Crippen LogP contribution in [0.3, 0.4) is 0 Å². The van der Waals surface area contributed by atoms with E-state index in [0.29, 0.717) is 12.0 Å². The molecule has 0 bridgehead atoms. The maximum Gasteiger partial charge on any atom is 0.225 e. The zero-order valence-corrected chi connectivity index (χ0v) is 13.3. The summed E-state index contributed by atoms with van der Waals surface area (Å²) in [4.78, 5) is 11.5. The van der Waals surface area contributed by atoms with Crippen molar-refractivity contribution in [1.29, 1.82) is 0 Å². The molecule has 0 aromatic carbocycles. The van der Waals surface area contributed by atoms with Crippen LogP contribution in [0.2, 0.25) is 0 Å². The minimum absolute atomic E-state index is 0.399. The van der Waals surface area contributed by atoms with Crippen LogP contribution in [0.1, 0.15) is 51.3 Å². The first-order valence-electron chi connectivity index (χ1n) is 7.69. The monoisotopic (exact) mass is 276 g/mol. The highest BCUT2D eigenvalue weighted by atomic mass is 15.2. The number of nitrogens with zero attached hydrogens (tertiary/aromatic N) is 3. The minimum atomic E-state index is 0.399. The molecule has 0 amide bonds. The molecule has 112 valence electrons. The molecular formula is C16H28N4. The summed E-state index contributed by atoms with van der Waals surface area (Å²) < 4.78 is 0. The lowest BCUT2D eigenvalue weighted by molar-refractivity contribution is 0.220. The molecule has 4 heteroatoms. The maximum atomic E-state index is 5.68. The zero-order chi connectivity index (χ0) is 14.8. The van der Waals surface area contributed by atoms with Crippen molar-refractivity contribution < 1.29 is 0 Å². The Balaban J connectivity index is 2.09. The second-order valence-corrected chi connectivity index (χ2v) is 6.97. The highest BCUT2D eigenvalue weighted by molar-refractivity contribution is 5.33. The highest BCUT2D eigenvalue weighted by Gasteiger charge is 2.27. The van der Waals surface area contributed by atoms with Gasteiger partial charge in [0.2, 0.25) is 5.95 Å². The normalized spacial score (nSPS) is 20.9. The molecule has 0 spiro atoms. The number of rotatable bonds is 2.